The summed E-state index contributed by atoms with van der Waals surface area (Å²) < 4.78 is 0. The maximum Gasteiger partial charge on any atom is 0.273 e. The van der Waals surface area contributed by atoms with Gasteiger partial charge in [0.1, 0.15) is 6.04 Å². The van der Waals surface area contributed by atoms with Crippen LogP contribution in [0.1, 0.15) is 30.8 Å². The van der Waals surface area contributed by atoms with Crippen molar-refractivity contribution in [2.45, 2.75) is 26.3 Å². The van der Waals surface area contributed by atoms with Crippen LogP contribution in [0.3, 0.4) is 0 Å². The van der Waals surface area contributed by atoms with Crippen LogP contribution >= 0.6 is 0 Å². The topological polar surface area (TPSA) is 86.9 Å². The molecule has 0 aliphatic heterocycles. The van der Waals surface area contributed by atoms with Gasteiger partial charge in [-0.25, -0.2) is 0 Å². The third-order valence-corrected chi connectivity index (χ3v) is 2.98. The quantitative estimate of drug-likeness (QED) is 0.766. The Kier molecular flexibility index (Phi) is 4.34. The molecule has 3 N–H and O–H groups in total. The number of rotatable bonds is 5. The van der Waals surface area contributed by atoms with Crippen LogP contribution in [0.25, 0.3) is 10.9 Å². The Morgan fingerprint density at radius 2 is 2.10 bits per heavy atom. The summed E-state index contributed by atoms with van der Waals surface area (Å²) >= 11 is 0. The number of fused-ring (bicyclic) bond motifs is 1. The molecular weight excluding hydrogens is 256 g/mol. The molecule has 0 aliphatic rings. The lowest BCUT2D eigenvalue weighted by atomic mass is 10.2. The zero-order valence-corrected chi connectivity index (χ0v) is 11.6. The van der Waals surface area contributed by atoms with Gasteiger partial charge in [-0.15, -0.1) is 0 Å². The van der Waals surface area contributed by atoms with Crippen molar-refractivity contribution in [3.05, 3.63) is 30.0 Å². The van der Waals surface area contributed by atoms with Gasteiger partial charge < -0.3 is 10.6 Å². The first-order valence-electron chi connectivity index (χ1n) is 6.65. The van der Waals surface area contributed by atoms with Crippen LogP contribution in [0.15, 0.2) is 24.3 Å². The van der Waals surface area contributed by atoms with E-state index in [2.05, 4.69) is 20.8 Å². The van der Waals surface area contributed by atoms with Crippen LogP contribution < -0.4 is 10.6 Å². The average Bonchev–Trinajstić information content (AvgIpc) is 2.88. The highest BCUT2D eigenvalue weighted by Crippen LogP contribution is 2.14. The van der Waals surface area contributed by atoms with Gasteiger partial charge in [0, 0.05) is 11.9 Å². The second kappa shape index (κ2) is 6.18. The zero-order chi connectivity index (χ0) is 14.5. The molecule has 0 bridgehead atoms. The lowest BCUT2D eigenvalue weighted by Gasteiger charge is -2.12. The number of aromatic amines is 1. The highest BCUT2D eigenvalue weighted by Gasteiger charge is 2.19. The number of aromatic nitrogens is 2. The van der Waals surface area contributed by atoms with E-state index in [1.165, 1.54) is 0 Å². The molecule has 6 heteroatoms. The molecule has 0 radical (unpaired) electrons. The molecule has 0 spiro atoms. The lowest BCUT2D eigenvalue weighted by Crippen LogP contribution is -2.45. The number of carbonyl (C=O) groups is 2. The van der Waals surface area contributed by atoms with E-state index < -0.39 is 6.04 Å². The van der Waals surface area contributed by atoms with E-state index in [9.17, 15) is 9.59 Å². The third kappa shape index (κ3) is 2.96. The Morgan fingerprint density at radius 1 is 1.35 bits per heavy atom. The molecule has 2 aromatic rings. The fourth-order valence-corrected chi connectivity index (χ4v) is 1.87. The van der Waals surface area contributed by atoms with Crippen LogP contribution in [-0.2, 0) is 4.79 Å². The van der Waals surface area contributed by atoms with Crippen molar-refractivity contribution in [1.29, 1.82) is 0 Å². The van der Waals surface area contributed by atoms with Crippen LogP contribution in [-0.4, -0.2) is 34.6 Å². The summed E-state index contributed by atoms with van der Waals surface area (Å²) in [7, 11) is 0. The maximum absolute atomic E-state index is 12.1. The van der Waals surface area contributed by atoms with Crippen LogP contribution in [0.5, 0.6) is 0 Å². The molecule has 1 aromatic carbocycles. The first-order valence-corrected chi connectivity index (χ1v) is 6.65. The van der Waals surface area contributed by atoms with E-state index in [-0.39, 0.29) is 11.8 Å². The summed E-state index contributed by atoms with van der Waals surface area (Å²) in [6.45, 7) is 4.22. The van der Waals surface area contributed by atoms with E-state index in [1.807, 2.05) is 31.2 Å². The minimum absolute atomic E-state index is 0.194. The fraction of sp³-hybridized carbons (Fsp3) is 0.357. The molecule has 0 saturated heterocycles. The Balaban J connectivity index is 2.06. The van der Waals surface area contributed by atoms with Gasteiger partial charge in [-0.05, 0) is 19.4 Å². The smallest absolute Gasteiger partial charge is 0.273 e. The second-order valence-corrected chi connectivity index (χ2v) is 4.60. The molecule has 0 unspecified atom stereocenters. The van der Waals surface area contributed by atoms with E-state index in [0.717, 1.165) is 17.3 Å². The molecule has 2 rings (SSSR count). The standard InChI is InChI=1S/C14H18N4O2/c1-3-8-15-13(19)9(2)16-14(20)12-10-6-4-5-7-11(10)17-18-12/h4-7,9H,3,8H2,1-2H3,(H,15,19)(H,16,20)(H,17,18)/t9-/m1/s1. The summed E-state index contributed by atoms with van der Waals surface area (Å²) in [6, 6.07) is 6.77. The minimum Gasteiger partial charge on any atom is -0.354 e. The number of nitrogens with zero attached hydrogens (tertiary/aromatic N) is 1. The number of hydrogen-bond donors (Lipinski definition) is 3. The van der Waals surface area contributed by atoms with Crippen LogP contribution in [0.2, 0.25) is 0 Å². The van der Waals surface area contributed by atoms with Gasteiger partial charge in [-0.1, -0.05) is 25.1 Å². The van der Waals surface area contributed by atoms with Crippen LogP contribution in [0.4, 0.5) is 0 Å². The number of carbonyl (C=O) groups excluding carboxylic acids is 2. The molecule has 106 valence electrons. The van der Waals surface area contributed by atoms with Gasteiger partial charge in [0.15, 0.2) is 5.69 Å². The number of nitrogens with one attached hydrogen (secondary N) is 3. The zero-order valence-electron chi connectivity index (χ0n) is 11.6. The summed E-state index contributed by atoms with van der Waals surface area (Å²) in [6.07, 6.45) is 0.858. The molecule has 0 aliphatic carbocycles. The molecule has 2 amide bonds. The van der Waals surface area contributed by atoms with E-state index >= 15 is 0 Å². The third-order valence-electron chi connectivity index (χ3n) is 2.98. The monoisotopic (exact) mass is 274 g/mol. The predicted molar refractivity (Wildman–Crippen MR) is 76.3 cm³/mol. The number of hydrogen-bond acceptors (Lipinski definition) is 3. The molecular formula is C14H18N4O2. The Hall–Kier alpha value is -2.37. The highest BCUT2D eigenvalue weighted by molar-refractivity contribution is 6.05. The van der Waals surface area contributed by atoms with Crippen molar-refractivity contribution in [1.82, 2.24) is 20.8 Å². The van der Waals surface area contributed by atoms with Crippen molar-refractivity contribution < 1.29 is 9.59 Å². The minimum atomic E-state index is -0.593. The molecule has 0 fully saturated rings. The molecule has 20 heavy (non-hydrogen) atoms. The average molecular weight is 274 g/mol. The van der Waals surface area contributed by atoms with Crippen molar-refractivity contribution in [2.75, 3.05) is 6.54 Å². The van der Waals surface area contributed by atoms with E-state index in [1.54, 1.807) is 6.92 Å². The number of amides is 2. The molecule has 6 nitrogen and oxygen atoms in total. The maximum atomic E-state index is 12.1. The van der Waals surface area contributed by atoms with Gasteiger partial charge in [-0.2, -0.15) is 5.10 Å². The number of benzene rings is 1. The fourth-order valence-electron chi connectivity index (χ4n) is 1.87. The van der Waals surface area contributed by atoms with Crippen molar-refractivity contribution in [3.63, 3.8) is 0 Å². The van der Waals surface area contributed by atoms with Gasteiger partial charge in [0.05, 0.1) is 5.52 Å². The van der Waals surface area contributed by atoms with Crippen molar-refractivity contribution >= 4 is 22.7 Å². The van der Waals surface area contributed by atoms with Gasteiger partial charge in [-0.3, -0.25) is 14.7 Å². The van der Waals surface area contributed by atoms with Gasteiger partial charge in [0.25, 0.3) is 5.91 Å². The Bertz CT molecular complexity index is 620. The van der Waals surface area contributed by atoms with Crippen molar-refractivity contribution in [2.24, 2.45) is 0 Å². The molecule has 1 heterocycles. The largest absolute Gasteiger partial charge is 0.354 e. The van der Waals surface area contributed by atoms with E-state index in [4.69, 9.17) is 0 Å². The first kappa shape index (κ1) is 14.0. The lowest BCUT2D eigenvalue weighted by molar-refractivity contribution is -0.122. The second-order valence-electron chi connectivity index (χ2n) is 4.60. The molecule has 1 atom stereocenters. The predicted octanol–water partition coefficient (Wildman–Crippen LogP) is 1.21. The first-order chi connectivity index (χ1) is 9.63. The van der Waals surface area contributed by atoms with Gasteiger partial charge in [0.2, 0.25) is 5.91 Å². The number of H-pyrrole nitrogens is 1. The Labute approximate surface area is 116 Å². The number of para-hydroxylation sites is 1. The molecule has 1 aromatic heterocycles. The molecule has 0 saturated carbocycles. The Morgan fingerprint density at radius 3 is 2.85 bits per heavy atom. The normalized spacial score (nSPS) is 12.1. The van der Waals surface area contributed by atoms with Crippen LogP contribution in [0, 0.1) is 0 Å². The summed E-state index contributed by atoms with van der Waals surface area (Å²) in [5, 5.41) is 12.9. The summed E-state index contributed by atoms with van der Waals surface area (Å²) in [5.41, 5.74) is 1.09. The highest BCUT2D eigenvalue weighted by atomic mass is 16.2. The summed E-state index contributed by atoms with van der Waals surface area (Å²) in [5.74, 6) is -0.554. The van der Waals surface area contributed by atoms with E-state index in [0.29, 0.717) is 12.2 Å². The SMILES string of the molecule is CCCNC(=O)[C@@H](C)NC(=O)c1n[nH]c2ccccc12. The van der Waals surface area contributed by atoms with Gasteiger partial charge >= 0.3 is 0 Å². The van der Waals surface area contributed by atoms with Crippen molar-refractivity contribution in [3.8, 4) is 0 Å². The summed E-state index contributed by atoms with van der Waals surface area (Å²) in [4.78, 5) is 23.9.